The number of ether oxygens (including phenoxy) is 1. The van der Waals surface area contributed by atoms with Gasteiger partial charge < -0.3 is 20.1 Å². The normalized spacial score (nSPS) is 41.9. The van der Waals surface area contributed by atoms with Crippen LogP contribution in [0.4, 0.5) is 0 Å². The van der Waals surface area contributed by atoms with E-state index in [0.29, 0.717) is 17.6 Å². The van der Waals surface area contributed by atoms with E-state index < -0.39 is 34.1 Å². The van der Waals surface area contributed by atoms with Crippen molar-refractivity contribution < 1.29 is 29.6 Å². The van der Waals surface area contributed by atoms with E-state index in [4.69, 9.17) is 4.74 Å². The Morgan fingerprint density at radius 2 is 1.82 bits per heavy atom. The van der Waals surface area contributed by atoms with Gasteiger partial charge in [-0.05, 0) is 36.0 Å². The van der Waals surface area contributed by atoms with Crippen molar-refractivity contribution in [2.75, 3.05) is 6.61 Å². The molecule has 7 atom stereocenters. The third kappa shape index (κ3) is 2.91. The predicted octanol–water partition coefficient (Wildman–Crippen LogP) is 2.75. The van der Waals surface area contributed by atoms with Crippen LogP contribution >= 0.6 is 0 Å². The highest BCUT2D eigenvalue weighted by atomic mass is 16.6. The van der Waals surface area contributed by atoms with Crippen LogP contribution in [-0.2, 0) is 20.7 Å². The molecule has 0 spiro atoms. The lowest BCUT2D eigenvalue weighted by molar-refractivity contribution is -0.186. The average Bonchev–Trinajstić information content (AvgIpc) is 3.18. The highest BCUT2D eigenvalue weighted by Gasteiger charge is 2.83. The molecule has 0 heterocycles. The Morgan fingerprint density at radius 3 is 2.47 bits per heavy atom. The lowest BCUT2D eigenvalue weighted by Crippen LogP contribution is -2.61. The summed E-state index contributed by atoms with van der Waals surface area (Å²) in [5.41, 5.74) is -2.50. The smallest absolute Gasteiger partial charge is 0.310 e. The molecule has 6 nitrogen and oxygen atoms in total. The summed E-state index contributed by atoms with van der Waals surface area (Å²) >= 11 is 0. The number of carbonyl (C=O) groups is 2. The Labute approximate surface area is 200 Å². The number of Topliss-reactive ketones (excluding diaryl/α,β-unsaturated/α-hetero) is 1. The molecule has 2 fully saturated rings. The monoisotopic (exact) mass is 466 g/mol. The summed E-state index contributed by atoms with van der Waals surface area (Å²) in [5.74, 6) is -2.52. The van der Waals surface area contributed by atoms with Crippen LogP contribution in [0.1, 0.15) is 46.1 Å². The van der Waals surface area contributed by atoms with Crippen LogP contribution in [0.5, 0.6) is 0 Å². The zero-order chi connectivity index (χ0) is 24.7. The minimum absolute atomic E-state index is 0.0136. The summed E-state index contributed by atoms with van der Waals surface area (Å²) < 4.78 is 6.24. The van der Waals surface area contributed by atoms with Crippen molar-refractivity contribution in [3.8, 4) is 0 Å². The van der Waals surface area contributed by atoms with Gasteiger partial charge in [0.15, 0.2) is 5.78 Å². The van der Waals surface area contributed by atoms with E-state index in [2.05, 4.69) is 13.8 Å². The largest absolute Gasteiger partial charge is 0.458 e. The standard InChI is InChI=1S/C28H34O6/c1-16-10-21-26(32,24(16)31)14-19(15-29)11-20-23-25(3,4)27(23,13-17(2)28(20,21)33)34-22(30)12-18-8-6-5-7-9-18/h5-11,17,20-21,23,29,32-33H,12-15H2,1-4H3/t17-,20-,21-,23?,26+,27-,28-/m1/s1. The van der Waals surface area contributed by atoms with Crippen molar-refractivity contribution in [3.63, 3.8) is 0 Å². The van der Waals surface area contributed by atoms with Crippen LogP contribution in [0, 0.1) is 29.1 Å². The highest BCUT2D eigenvalue weighted by molar-refractivity contribution is 6.04. The Kier molecular flexibility index (Phi) is 5.08. The Morgan fingerprint density at radius 1 is 1.15 bits per heavy atom. The molecule has 3 N–H and O–H groups in total. The van der Waals surface area contributed by atoms with Gasteiger partial charge in [-0.3, -0.25) is 9.59 Å². The first-order valence-electron chi connectivity index (χ1n) is 12.2. The maximum atomic E-state index is 13.0. The third-order valence-corrected chi connectivity index (χ3v) is 9.36. The van der Waals surface area contributed by atoms with Crippen molar-refractivity contribution >= 4 is 11.8 Å². The zero-order valence-corrected chi connectivity index (χ0v) is 20.2. The number of carbonyl (C=O) groups excluding carboxylic acids is 2. The van der Waals surface area contributed by atoms with E-state index in [9.17, 15) is 24.9 Å². The summed E-state index contributed by atoms with van der Waals surface area (Å²) in [4.78, 5) is 26.0. The maximum Gasteiger partial charge on any atom is 0.310 e. The second-order valence-electron chi connectivity index (χ2n) is 11.5. The first-order valence-corrected chi connectivity index (χ1v) is 12.2. The molecule has 0 aliphatic heterocycles. The number of hydrogen-bond acceptors (Lipinski definition) is 6. The topological polar surface area (TPSA) is 104 Å². The predicted molar refractivity (Wildman–Crippen MR) is 125 cm³/mol. The van der Waals surface area contributed by atoms with Crippen molar-refractivity contribution in [1.29, 1.82) is 0 Å². The van der Waals surface area contributed by atoms with Gasteiger partial charge in [-0.1, -0.05) is 63.3 Å². The number of ketones is 1. The lowest BCUT2D eigenvalue weighted by atomic mass is 9.60. The number of aliphatic hydroxyl groups is 3. The highest BCUT2D eigenvalue weighted by Crippen LogP contribution is 2.76. The summed E-state index contributed by atoms with van der Waals surface area (Å²) in [6.07, 6.45) is 4.16. The second kappa shape index (κ2) is 7.36. The van der Waals surface area contributed by atoms with Gasteiger partial charge in [-0.15, -0.1) is 0 Å². The van der Waals surface area contributed by atoms with Gasteiger partial charge in [0, 0.05) is 29.6 Å². The minimum atomic E-state index is -1.78. The molecule has 0 radical (unpaired) electrons. The van der Waals surface area contributed by atoms with Crippen LogP contribution in [0.25, 0.3) is 0 Å². The molecule has 0 amide bonds. The number of fused-ring (bicyclic) bond motifs is 5. The molecule has 4 aliphatic rings. The first kappa shape index (κ1) is 23.5. The van der Waals surface area contributed by atoms with Crippen LogP contribution < -0.4 is 0 Å². The van der Waals surface area contributed by atoms with E-state index in [-0.39, 0.29) is 43.0 Å². The summed E-state index contributed by atoms with van der Waals surface area (Å²) in [6.45, 7) is 7.37. The van der Waals surface area contributed by atoms with Gasteiger partial charge in [-0.2, -0.15) is 0 Å². The number of hydrogen-bond donors (Lipinski definition) is 3. The molecule has 4 aliphatic carbocycles. The van der Waals surface area contributed by atoms with Crippen LogP contribution in [0.2, 0.25) is 0 Å². The summed E-state index contributed by atoms with van der Waals surface area (Å²) in [5, 5.41) is 33.9. The summed E-state index contributed by atoms with van der Waals surface area (Å²) in [6, 6.07) is 9.47. The molecular formula is C28H34O6. The van der Waals surface area contributed by atoms with Crippen LogP contribution in [-0.4, -0.2) is 50.5 Å². The third-order valence-electron chi connectivity index (χ3n) is 9.36. The molecule has 2 saturated carbocycles. The van der Waals surface area contributed by atoms with Crippen molar-refractivity contribution in [1.82, 2.24) is 0 Å². The quantitative estimate of drug-likeness (QED) is 0.466. The molecule has 1 unspecified atom stereocenters. The molecule has 0 aromatic heterocycles. The van der Waals surface area contributed by atoms with Crippen molar-refractivity contribution in [3.05, 3.63) is 59.2 Å². The van der Waals surface area contributed by atoms with Crippen LogP contribution in [0.15, 0.2) is 53.6 Å². The van der Waals surface area contributed by atoms with Gasteiger partial charge >= 0.3 is 5.97 Å². The first-order chi connectivity index (χ1) is 15.9. The van der Waals surface area contributed by atoms with E-state index in [0.717, 1.165) is 5.56 Å². The average molecular weight is 467 g/mol. The van der Waals surface area contributed by atoms with Gasteiger partial charge in [0.05, 0.1) is 18.6 Å². The maximum absolute atomic E-state index is 13.0. The molecule has 0 bridgehead atoms. The van der Waals surface area contributed by atoms with E-state index in [1.54, 1.807) is 13.0 Å². The van der Waals surface area contributed by atoms with Gasteiger partial charge in [0.1, 0.15) is 11.2 Å². The fraction of sp³-hybridized carbons (Fsp3) is 0.571. The van der Waals surface area contributed by atoms with Gasteiger partial charge in [0.2, 0.25) is 0 Å². The van der Waals surface area contributed by atoms with Crippen LogP contribution in [0.3, 0.4) is 0 Å². The molecule has 182 valence electrons. The van der Waals surface area contributed by atoms with E-state index in [1.807, 2.05) is 43.3 Å². The molecule has 1 aromatic carbocycles. The molecule has 5 rings (SSSR count). The zero-order valence-electron chi connectivity index (χ0n) is 20.2. The van der Waals surface area contributed by atoms with Gasteiger partial charge in [-0.25, -0.2) is 0 Å². The van der Waals surface area contributed by atoms with Gasteiger partial charge in [0.25, 0.3) is 0 Å². The Bertz CT molecular complexity index is 1100. The number of aliphatic hydroxyl groups excluding tert-OH is 1. The SMILES string of the molecule is CC1=C[C@H]2[C@@]3(O)[C@H](C)C[C@@]4(OC(=O)Cc5ccccc5)C([C@H]3C=C(CO)C[C@@]2(O)C1=O)C4(C)C. The number of benzene rings is 1. The van der Waals surface area contributed by atoms with E-state index >= 15 is 0 Å². The molecule has 6 heteroatoms. The van der Waals surface area contributed by atoms with E-state index in [1.165, 1.54) is 0 Å². The molecule has 0 saturated heterocycles. The summed E-state index contributed by atoms with van der Waals surface area (Å²) in [7, 11) is 0. The number of esters is 1. The molecule has 34 heavy (non-hydrogen) atoms. The minimum Gasteiger partial charge on any atom is -0.458 e. The Balaban J connectivity index is 1.54. The van der Waals surface area contributed by atoms with Crippen molar-refractivity contribution in [2.45, 2.75) is 63.8 Å². The fourth-order valence-corrected chi connectivity index (χ4v) is 7.60. The lowest BCUT2D eigenvalue weighted by Gasteiger charge is -2.50. The fourth-order valence-electron chi connectivity index (χ4n) is 7.60. The van der Waals surface area contributed by atoms with Crippen molar-refractivity contribution in [2.24, 2.45) is 29.1 Å². The molecule has 1 aromatic rings. The Hall–Kier alpha value is -2.28. The molecular weight excluding hydrogens is 432 g/mol. The number of rotatable bonds is 4. The second-order valence-corrected chi connectivity index (χ2v) is 11.5.